The molecule has 0 bridgehead atoms. The fourth-order valence-electron chi connectivity index (χ4n) is 5.88. The van der Waals surface area contributed by atoms with Gasteiger partial charge in [-0.25, -0.2) is 9.18 Å². The number of hydrogen-bond donors (Lipinski definition) is 3. The van der Waals surface area contributed by atoms with Crippen molar-refractivity contribution in [2.45, 2.75) is 37.2 Å². The Morgan fingerprint density at radius 1 is 1.14 bits per heavy atom. The topological polar surface area (TPSA) is 67.8 Å². The van der Waals surface area contributed by atoms with E-state index in [0.717, 1.165) is 56.6 Å². The van der Waals surface area contributed by atoms with Crippen LogP contribution in [-0.2, 0) is 5.41 Å². The molecule has 35 heavy (non-hydrogen) atoms. The maximum absolute atomic E-state index is 14.1. The van der Waals surface area contributed by atoms with Crippen molar-refractivity contribution in [1.29, 1.82) is 0 Å². The Balaban J connectivity index is 1.18. The number of carbonyl (C=O) groups is 1. The molecule has 2 aromatic carbocycles. The number of piperidine rings is 2. The van der Waals surface area contributed by atoms with Crippen LogP contribution in [-0.4, -0.2) is 61.4 Å². The second-order valence-electron chi connectivity index (χ2n) is 10.0. The Labute approximate surface area is 215 Å². The molecule has 1 unspecified atom stereocenters. The van der Waals surface area contributed by atoms with Crippen molar-refractivity contribution in [2.75, 3.05) is 49.5 Å². The van der Waals surface area contributed by atoms with Crippen LogP contribution >= 0.6 is 23.2 Å². The van der Waals surface area contributed by atoms with Crippen LogP contribution in [0.15, 0.2) is 36.4 Å². The molecule has 0 aromatic heterocycles. The van der Waals surface area contributed by atoms with Gasteiger partial charge in [0.2, 0.25) is 0 Å². The number of rotatable bonds is 4. The van der Waals surface area contributed by atoms with Crippen molar-refractivity contribution in [1.82, 2.24) is 10.2 Å². The molecular weight excluding hydrogens is 490 g/mol. The number of nitrogens with zero attached hydrogens (tertiary/aromatic N) is 2. The summed E-state index contributed by atoms with van der Waals surface area (Å²) < 4.78 is 14.1. The van der Waals surface area contributed by atoms with E-state index in [1.807, 2.05) is 6.07 Å². The average Bonchev–Trinajstić information content (AvgIpc) is 3.13. The van der Waals surface area contributed by atoms with Crippen LogP contribution in [0.4, 0.5) is 20.6 Å². The lowest BCUT2D eigenvalue weighted by Crippen LogP contribution is -2.47. The Hall–Kier alpha value is -2.06. The van der Waals surface area contributed by atoms with E-state index in [9.17, 15) is 14.3 Å². The molecule has 0 aliphatic carbocycles. The quantitative estimate of drug-likeness (QED) is 0.537. The molecule has 0 saturated carbocycles. The third-order valence-electron chi connectivity index (χ3n) is 7.87. The summed E-state index contributed by atoms with van der Waals surface area (Å²) in [4.78, 5) is 16.7. The standard InChI is InChI=1S/C26H31Cl2FN4O2/c27-21-3-2-19(14-22(21)28)31-25(35)32-11-5-17(6-12-32)24(34)15-33-16-26(7-9-30-10-8-26)20-13-18(29)1-4-23(20)33/h1-4,13-14,17,24,30,34H,5-12,15-16H2,(H,31,35). The second-order valence-corrected chi connectivity index (χ2v) is 10.8. The van der Waals surface area contributed by atoms with E-state index >= 15 is 0 Å². The first-order chi connectivity index (χ1) is 16.8. The summed E-state index contributed by atoms with van der Waals surface area (Å²) in [6, 6.07) is 9.90. The van der Waals surface area contributed by atoms with Gasteiger partial charge < -0.3 is 25.5 Å². The molecule has 6 nitrogen and oxygen atoms in total. The van der Waals surface area contributed by atoms with Gasteiger partial charge in [0.05, 0.1) is 16.1 Å². The van der Waals surface area contributed by atoms with Gasteiger partial charge in [-0.15, -0.1) is 0 Å². The fourth-order valence-corrected chi connectivity index (χ4v) is 6.18. The molecule has 5 rings (SSSR count). The SMILES string of the molecule is O=C(Nc1ccc(Cl)c(Cl)c1)N1CCC(C(O)CN2CC3(CCNCC3)c3cc(F)ccc32)CC1. The summed E-state index contributed by atoms with van der Waals surface area (Å²) >= 11 is 12.0. The Bertz CT molecular complexity index is 1090. The minimum absolute atomic E-state index is 0.0472. The highest BCUT2D eigenvalue weighted by atomic mass is 35.5. The first-order valence-electron chi connectivity index (χ1n) is 12.3. The normalized spacial score (nSPS) is 20.7. The molecule has 2 aromatic rings. The number of carbonyl (C=O) groups excluding carboxylic acids is 1. The summed E-state index contributed by atoms with van der Waals surface area (Å²) in [6.45, 7) is 4.34. The van der Waals surface area contributed by atoms with Crippen molar-refractivity contribution >= 4 is 40.6 Å². The number of fused-ring (bicyclic) bond motifs is 2. The molecule has 3 N–H and O–H groups in total. The van der Waals surface area contributed by atoms with E-state index in [4.69, 9.17) is 23.2 Å². The van der Waals surface area contributed by atoms with Crippen LogP contribution in [0, 0.1) is 11.7 Å². The third-order valence-corrected chi connectivity index (χ3v) is 8.61. The summed E-state index contributed by atoms with van der Waals surface area (Å²) in [5.74, 6) is -0.0897. The van der Waals surface area contributed by atoms with E-state index < -0.39 is 6.10 Å². The van der Waals surface area contributed by atoms with E-state index in [-0.39, 0.29) is 23.2 Å². The van der Waals surface area contributed by atoms with E-state index in [1.54, 1.807) is 29.2 Å². The molecule has 1 atom stereocenters. The Morgan fingerprint density at radius 3 is 2.60 bits per heavy atom. The highest BCUT2D eigenvalue weighted by Crippen LogP contribution is 2.46. The van der Waals surface area contributed by atoms with Crippen LogP contribution in [0.25, 0.3) is 0 Å². The largest absolute Gasteiger partial charge is 0.391 e. The first-order valence-corrected chi connectivity index (χ1v) is 13.0. The number of hydrogen-bond acceptors (Lipinski definition) is 4. The second kappa shape index (κ2) is 10.1. The van der Waals surface area contributed by atoms with Gasteiger partial charge in [-0.3, -0.25) is 0 Å². The van der Waals surface area contributed by atoms with Gasteiger partial charge in [0.15, 0.2) is 0 Å². The van der Waals surface area contributed by atoms with Gasteiger partial charge in [-0.2, -0.15) is 0 Å². The summed E-state index contributed by atoms with van der Waals surface area (Å²) in [7, 11) is 0. The Morgan fingerprint density at radius 2 is 1.89 bits per heavy atom. The average molecular weight is 521 g/mol. The van der Waals surface area contributed by atoms with Crippen LogP contribution in [0.2, 0.25) is 10.0 Å². The molecule has 3 aliphatic heterocycles. The van der Waals surface area contributed by atoms with Crippen molar-refractivity contribution in [3.63, 3.8) is 0 Å². The maximum atomic E-state index is 14.1. The zero-order valence-corrected chi connectivity index (χ0v) is 21.1. The number of anilines is 2. The number of aliphatic hydroxyl groups excluding tert-OH is 1. The van der Waals surface area contributed by atoms with Gasteiger partial charge in [-0.1, -0.05) is 23.2 Å². The number of halogens is 3. The minimum Gasteiger partial charge on any atom is -0.391 e. The van der Waals surface area contributed by atoms with Crippen molar-refractivity contribution < 1.29 is 14.3 Å². The van der Waals surface area contributed by atoms with Crippen LogP contribution in [0.1, 0.15) is 31.2 Å². The molecule has 2 fully saturated rings. The third kappa shape index (κ3) is 5.10. The Kier molecular flexibility index (Phi) is 7.13. The number of β-amino-alcohol motifs (C(OH)–C–C–N with tert-alkyl or cyclic N) is 1. The number of likely N-dealkylation sites (tertiary alicyclic amines) is 1. The number of amides is 2. The molecule has 3 heterocycles. The number of benzene rings is 2. The summed E-state index contributed by atoms with van der Waals surface area (Å²) in [5.41, 5.74) is 2.68. The molecule has 3 aliphatic rings. The lowest BCUT2D eigenvalue weighted by atomic mass is 9.75. The molecule has 1 spiro atoms. The predicted molar refractivity (Wildman–Crippen MR) is 138 cm³/mol. The maximum Gasteiger partial charge on any atom is 0.321 e. The molecule has 188 valence electrons. The molecular formula is C26H31Cl2FN4O2. The molecule has 2 saturated heterocycles. The first kappa shape index (κ1) is 24.6. The van der Waals surface area contributed by atoms with Crippen LogP contribution in [0.5, 0.6) is 0 Å². The van der Waals surface area contributed by atoms with E-state index in [2.05, 4.69) is 15.5 Å². The van der Waals surface area contributed by atoms with Gasteiger partial charge in [-0.05, 0) is 86.7 Å². The van der Waals surface area contributed by atoms with Crippen molar-refractivity contribution in [3.8, 4) is 0 Å². The monoisotopic (exact) mass is 520 g/mol. The highest BCUT2D eigenvalue weighted by Gasteiger charge is 2.44. The van der Waals surface area contributed by atoms with Crippen molar-refractivity contribution in [3.05, 3.63) is 57.8 Å². The molecule has 0 radical (unpaired) electrons. The smallest absolute Gasteiger partial charge is 0.321 e. The van der Waals surface area contributed by atoms with Crippen LogP contribution < -0.4 is 15.5 Å². The van der Waals surface area contributed by atoms with E-state index in [1.165, 1.54) is 6.07 Å². The van der Waals surface area contributed by atoms with Gasteiger partial charge >= 0.3 is 6.03 Å². The zero-order valence-electron chi connectivity index (χ0n) is 19.6. The molecule has 2 amide bonds. The lowest BCUT2D eigenvalue weighted by Gasteiger charge is -2.37. The van der Waals surface area contributed by atoms with Gasteiger partial charge in [0.1, 0.15) is 5.82 Å². The number of urea groups is 1. The number of aliphatic hydroxyl groups is 1. The number of nitrogens with one attached hydrogen (secondary N) is 2. The highest BCUT2D eigenvalue weighted by molar-refractivity contribution is 6.42. The van der Waals surface area contributed by atoms with Crippen LogP contribution in [0.3, 0.4) is 0 Å². The predicted octanol–water partition coefficient (Wildman–Crippen LogP) is 4.88. The van der Waals surface area contributed by atoms with Gasteiger partial charge in [0.25, 0.3) is 0 Å². The fraction of sp³-hybridized carbons (Fsp3) is 0.500. The zero-order chi connectivity index (χ0) is 24.6. The minimum atomic E-state index is -0.509. The summed E-state index contributed by atoms with van der Waals surface area (Å²) in [5, 5.41) is 18.3. The van der Waals surface area contributed by atoms with E-state index in [0.29, 0.717) is 35.4 Å². The lowest BCUT2D eigenvalue weighted by molar-refractivity contribution is 0.0728. The summed E-state index contributed by atoms with van der Waals surface area (Å²) in [6.07, 6.45) is 2.90. The van der Waals surface area contributed by atoms with Gasteiger partial charge in [0, 0.05) is 43.0 Å². The molecule has 9 heteroatoms. The van der Waals surface area contributed by atoms with Crippen molar-refractivity contribution in [2.24, 2.45) is 5.92 Å².